The molecule has 0 spiro atoms. The van der Waals surface area contributed by atoms with Gasteiger partial charge in [0.1, 0.15) is 0 Å². The molecule has 4 nitrogen and oxygen atoms in total. The number of carboxylic acids is 1. The van der Waals surface area contributed by atoms with Gasteiger partial charge in [-0.15, -0.1) is 0 Å². The normalized spacial score (nSPS) is 12.8. The molecule has 4 heteroatoms. The summed E-state index contributed by atoms with van der Waals surface area (Å²) in [4.78, 5) is 22.7. The van der Waals surface area contributed by atoms with Crippen molar-refractivity contribution in [2.75, 3.05) is 5.32 Å². The summed E-state index contributed by atoms with van der Waals surface area (Å²) < 4.78 is 0. The van der Waals surface area contributed by atoms with Crippen molar-refractivity contribution >= 4 is 17.6 Å². The van der Waals surface area contributed by atoms with Crippen molar-refractivity contribution < 1.29 is 14.7 Å². The largest absolute Gasteiger partial charge is 0.481 e. The minimum Gasteiger partial charge on any atom is -0.481 e. The molecule has 1 aromatic rings. The zero-order valence-corrected chi connectivity index (χ0v) is 13.3. The third kappa shape index (κ3) is 7.49. The van der Waals surface area contributed by atoms with Crippen molar-refractivity contribution in [3.63, 3.8) is 0 Å². The first kappa shape index (κ1) is 17.2. The molecule has 0 radical (unpaired) electrons. The van der Waals surface area contributed by atoms with Gasteiger partial charge in [-0.2, -0.15) is 0 Å². The fourth-order valence-corrected chi connectivity index (χ4v) is 2.58. The minimum atomic E-state index is -0.878. The molecule has 0 saturated heterocycles. The standard InChI is InChI=1S/C17H25NO3/c1-12(11-17(2,3)4)8-15(19)18-14-7-5-6-13(9-14)10-16(20)21/h5-7,9,12H,8,10-11H2,1-4H3,(H,18,19)(H,20,21). The van der Waals surface area contributed by atoms with E-state index in [9.17, 15) is 9.59 Å². The van der Waals surface area contributed by atoms with E-state index in [1.165, 1.54) is 0 Å². The van der Waals surface area contributed by atoms with E-state index in [0.29, 0.717) is 23.6 Å². The summed E-state index contributed by atoms with van der Waals surface area (Å²) in [6.07, 6.45) is 1.42. The highest BCUT2D eigenvalue weighted by Crippen LogP contribution is 2.26. The Kier molecular flexibility index (Phi) is 5.94. The van der Waals surface area contributed by atoms with Crippen LogP contribution in [0.3, 0.4) is 0 Å². The third-order valence-electron chi connectivity index (χ3n) is 3.06. The Hall–Kier alpha value is -1.84. The van der Waals surface area contributed by atoms with Gasteiger partial charge in [0.15, 0.2) is 0 Å². The average molecular weight is 291 g/mol. The van der Waals surface area contributed by atoms with Crippen molar-refractivity contribution in [3.05, 3.63) is 29.8 Å². The Morgan fingerprint density at radius 1 is 1.29 bits per heavy atom. The van der Waals surface area contributed by atoms with Gasteiger partial charge >= 0.3 is 5.97 Å². The van der Waals surface area contributed by atoms with E-state index in [1.54, 1.807) is 24.3 Å². The molecule has 0 aliphatic carbocycles. The summed E-state index contributed by atoms with van der Waals surface area (Å²) in [6.45, 7) is 8.57. The van der Waals surface area contributed by atoms with Crippen molar-refractivity contribution in [2.45, 2.75) is 47.0 Å². The van der Waals surface area contributed by atoms with Gasteiger partial charge in [-0.1, -0.05) is 39.8 Å². The Bertz CT molecular complexity index is 503. The molecular formula is C17H25NO3. The first-order valence-electron chi connectivity index (χ1n) is 7.26. The first-order chi connectivity index (χ1) is 9.65. The molecule has 1 atom stereocenters. The number of hydrogen-bond acceptors (Lipinski definition) is 2. The number of carboxylic acid groups (broad SMARTS) is 1. The quantitative estimate of drug-likeness (QED) is 0.839. The summed E-state index contributed by atoms with van der Waals surface area (Å²) in [5.41, 5.74) is 1.55. The van der Waals surface area contributed by atoms with Crippen LogP contribution in [-0.4, -0.2) is 17.0 Å². The molecule has 1 rings (SSSR count). The zero-order chi connectivity index (χ0) is 16.0. The molecule has 2 N–H and O–H groups in total. The second kappa shape index (κ2) is 7.25. The number of aliphatic carboxylic acids is 1. The zero-order valence-electron chi connectivity index (χ0n) is 13.3. The summed E-state index contributed by atoms with van der Waals surface area (Å²) in [7, 11) is 0. The Labute approximate surface area is 126 Å². The van der Waals surface area contributed by atoms with Crippen LogP contribution >= 0.6 is 0 Å². The number of carbonyl (C=O) groups is 2. The van der Waals surface area contributed by atoms with Crippen LogP contribution in [0.2, 0.25) is 0 Å². The van der Waals surface area contributed by atoms with E-state index < -0.39 is 5.97 Å². The summed E-state index contributed by atoms with van der Waals surface area (Å²) in [5.74, 6) is -0.594. The molecule has 116 valence electrons. The van der Waals surface area contributed by atoms with Gasteiger partial charge in [0.2, 0.25) is 5.91 Å². The maximum Gasteiger partial charge on any atom is 0.307 e. The van der Waals surface area contributed by atoms with Crippen molar-refractivity contribution in [2.24, 2.45) is 11.3 Å². The minimum absolute atomic E-state index is 0.0285. The van der Waals surface area contributed by atoms with Gasteiger partial charge in [0.05, 0.1) is 6.42 Å². The van der Waals surface area contributed by atoms with E-state index in [0.717, 1.165) is 6.42 Å². The molecule has 1 amide bonds. The smallest absolute Gasteiger partial charge is 0.307 e. The van der Waals surface area contributed by atoms with Crippen LogP contribution in [0.1, 0.15) is 46.1 Å². The summed E-state index contributed by atoms with van der Waals surface area (Å²) in [5, 5.41) is 11.6. The highest BCUT2D eigenvalue weighted by atomic mass is 16.4. The topological polar surface area (TPSA) is 66.4 Å². The van der Waals surface area contributed by atoms with Crippen LogP contribution in [0.25, 0.3) is 0 Å². The summed E-state index contributed by atoms with van der Waals surface area (Å²) >= 11 is 0. The number of anilines is 1. The van der Waals surface area contributed by atoms with Crippen LogP contribution in [0.5, 0.6) is 0 Å². The van der Waals surface area contributed by atoms with Gasteiger partial charge in [-0.05, 0) is 35.4 Å². The van der Waals surface area contributed by atoms with Crippen molar-refractivity contribution in [1.29, 1.82) is 0 Å². The number of carbonyl (C=O) groups excluding carboxylic acids is 1. The van der Waals surface area contributed by atoms with Crippen LogP contribution in [0.4, 0.5) is 5.69 Å². The molecule has 0 heterocycles. The SMILES string of the molecule is CC(CC(=O)Nc1cccc(CC(=O)O)c1)CC(C)(C)C. The lowest BCUT2D eigenvalue weighted by Crippen LogP contribution is -2.19. The van der Waals surface area contributed by atoms with Crippen molar-refractivity contribution in [1.82, 2.24) is 0 Å². The van der Waals surface area contributed by atoms with Gasteiger partial charge in [0, 0.05) is 12.1 Å². The van der Waals surface area contributed by atoms with E-state index in [-0.39, 0.29) is 17.7 Å². The number of nitrogens with one attached hydrogen (secondary N) is 1. The molecule has 0 aliphatic rings. The molecule has 0 bridgehead atoms. The van der Waals surface area contributed by atoms with Crippen LogP contribution < -0.4 is 5.32 Å². The second-order valence-electron chi connectivity index (χ2n) is 6.89. The van der Waals surface area contributed by atoms with Crippen molar-refractivity contribution in [3.8, 4) is 0 Å². The molecular weight excluding hydrogens is 266 g/mol. The average Bonchev–Trinajstić information content (AvgIpc) is 2.24. The highest BCUT2D eigenvalue weighted by molar-refractivity contribution is 5.91. The molecule has 0 fully saturated rings. The predicted octanol–water partition coefficient (Wildman–Crippen LogP) is 3.71. The predicted molar refractivity (Wildman–Crippen MR) is 84.3 cm³/mol. The maximum atomic E-state index is 12.0. The van der Waals surface area contributed by atoms with Gasteiger partial charge in [-0.3, -0.25) is 9.59 Å². The number of hydrogen-bond donors (Lipinski definition) is 2. The first-order valence-corrected chi connectivity index (χ1v) is 7.26. The van der Waals surface area contributed by atoms with Crippen LogP contribution in [0.15, 0.2) is 24.3 Å². The number of benzene rings is 1. The Morgan fingerprint density at radius 2 is 1.95 bits per heavy atom. The van der Waals surface area contributed by atoms with E-state index in [4.69, 9.17) is 5.11 Å². The lowest BCUT2D eigenvalue weighted by Gasteiger charge is -2.22. The molecule has 1 unspecified atom stereocenters. The Balaban J connectivity index is 2.56. The Morgan fingerprint density at radius 3 is 2.52 bits per heavy atom. The third-order valence-corrected chi connectivity index (χ3v) is 3.06. The lowest BCUT2D eigenvalue weighted by molar-refractivity contribution is -0.136. The van der Waals surface area contributed by atoms with Crippen LogP contribution in [-0.2, 0) is 16.0 Å². The summed E-state index contributed by atoms with van der Waals surface area (Å²) in [6, 6.07) is 6.98. The fourth-order valence-electron chi connectivity index (χ4n) is 2.58. The maximum absolute atomic E-state index is 12.0. The van der Waals surface area contributed by atoms with E-state index in [1.807, 2.05) is 0 Å². The monoisotopic (exact) mass is 291 g/mol. The molecule has 0 aromatic heterocycles. The molecule has 21 heavy (non-hydrogen) atoms. The molecule has 0 saturated carbocycles. The van der Waals surface area contributed by atoms with E-state index in [2.05, 4.69) is 33.0 Å². The lowest BCUT2D eigenvalue weighted by atomic mass is 9.84. The second-order valence-corrected chi connectivity index (χ2v) is 6.89. The number of rotatable bonds is 6. The molecule has 1 aromatic carbocycles. The van der Waals surface area contributed by atoms with Gasteiger partial charge in [0.25, 0.3) is 0 Å². The van der Waals surface area contributed by atoms with Gasteiger partial charge < -0.3 is 10.4 Å². The van der Waals surface area contributed by atoms with Crippen LogP contribution in [0, 0.1) is 11.3 Å². The number of amides is 1. The molecule has 0 aliphatic heterocycles. The van der Waals surface area contributed by atoms with Gasteiger partial charge in [-0.25, -0.2) is 0 Å². The highest BCUT2D eigenvalue weighted by Gasteiger charge is 2.17. The fraction of sp³-hybridized carbons (Fsp3) is 0.529. The van der Waals surface area contributed by atoms with E-state index >= 15 is 0 Å².